The molecule has 0 saturated carbocycles. The van der Waals surface area contributed by atoms with E-state index in [9.17, 15) is 14.4 Å². The van der Waals surface area contributed by atoms with Crippen molar-refractivity contribution >= 4 is 29.5 Å². The van der Waals surface area contributed by atoms with Gasteiger partial charge in [0.1, 0.15) is 17.5 Å². The number of aryl methyl sites for hydroxylation is 1. The van der Waals surface area contributed by atoms with Gasteiger partial charge in [-0.25, -0.2) is 0 Å². The second-order valence-corrected chi connectivity index (χ2v) is 10.4. The van der Waals surface area contributed by atoms with Gasteiger partial charge in [-0.2, -0.15) is 0 Å². The zero-order chi connectivity index (χ0) is 22.3. The largest absolute Gasteiger partial charge is 0.350 e. The molecule has 4 rings (SSSR count). The van der Waals surface area contributed by atoms with Crippen molar-refractivity contribution in [3.8, 4) is 0 Å². The van der Waals surface area contributed by atoms with E-state index in [4.69, 9.17) is 0 Å². The summed E-state index contributed by atoms with van der Waals surface area (Å²) in [6.45, 7) is 8.01. The molecule has 2 aliphatic heterocycles. The molecule has 2 heterocycles. The third-order valence-corrected chi connectivity index (χ3v) is 7.42. The molecule has 2 aliphatic rings. The molecule has 0 bridgehead atoms. The van der Waals surface area contributed by atoms with E-state index in [-0.39, 0.29) is 23.1 Å². The molecule has 162 valence electrons. The van der Waals surface area contributed by atoms with Crippen LogP contribution in [0, 0.1) is 6.92 Å². The number of amides is 3. The summed E-state index contributed by atoms with van der Waals surface area (Å²) >= 11 is 1.61. The number of hydrogen-bond donors (Lipinski definition) is 2. The molecule has 6 nitrogen and oxygen atoms in total. The fourth-order valence-electron chi connectivity index (χ4n) is 4.21. The molecule has 2 aromatic rings. The molecule has 1 fully saturated rings. The van der Waals surface area contributed by atoms with E-state index in [2.05, 4.69) is 10.6 Å². The Hall–Kier alpha value is -2.80. The first-order chi connectivity index (χ1) is 14.7. The van der Waals surface area contributed by atoms with Crippen LogP contribution in [0.5, 0.6) is 0 Å². The first-order valence-electron chi connectivity index (χ1n) is 10.4. The van der Waals surface area contributed by atoms with Gasteiger partial charge in [0.15, 0.2) is 0 Å². The summed E-state index contributed by atoms with van der Waals surface area (Å²) in [6, 6.07) is 14.1. The smallest absolute Gasteiger partial charge is 0.256 e. The topological polar surface area (TPSA) is 78.5 Å². The minimum Gasteiger partial charge on any atom is -0.350 e. The van der Waals surface area contributed by atoms with Crippen LogP contribution in [0.1, 0.15) is 53.2 Å². The lowest BCUT2D eigenvalue weighted by atomic mass is 10.0. The normalized spacial score (nSPS) is 21.9. The van der Waals surface area contributed by atoms with Crippen molar-refractivity contribution in [1.82, 2.24) is 15.5 Å². The van der Waals surface area contributed by atoms with Crippen molar-refractivity contribution < 1.29 is 14.4 Å². The maximum Gasteiger partial charge on any atom is 0.256 e. The lowest BCUT2D eigenvalue weighted by molar-refractivity contribution is -0.131. The Kier molecular flexibility index (Phi) is 5.56. The van der Waals surface area contributed by atoms with E-state index >= 15 is 0 Å². The van der Waals surface area contributed by atoms with Gasteiger partial charge in [-0.15, -0.1) is 11.8 Å². The van der Waals surface area contributed by atoms with Gasteiger partial charge in [-0.3, -0.25) is 14.4 Å². The number of nitrogens with one attached hydrogen (secondary N) is 2. The number of fused-ring (bicyclic) bond motifs is 3. The highest BCUT2D eigenvalue weighted by Gasteiger charge is 2.57. The summed E-state index contributed by atoms with van der Waals surface area (Å²) < 4.78 is -0.476. The molecule has 2 N–H and O–H groups in total. The molecular formula is C24H27N3O3S. The molecule has 0 aliphatic carbocycles. The second kappa shape index (κ2) is 8.04. The van der Waals surface area contributed by atoms with E-state index in [1.54, 1.807) is 29.7 Å². The van der Waals surface area contributed by atoms with Gasteiger partial charge in [0.2, 0.25) is 11.8 Å². The SMILES string of the molecule is Cc1ccc(CNC(=O)[C@H](C)NC(=O)[C@H]2N3C(=O)c4ccccc4[C@@H]3SC2(C)C)cc1. The number of benzene rings is 2. The lowest BCUT2D eigenvalue weighted by Gasteiger charge is -2.30. The van der Waals surface area contributed by atoms with Crippen LogP contribution in [0.15, 0.2) is 48.5 Å². The molecule has 0 radical (unpaired) electrons. The molecular weight excluding hydrogens is 410 g/mol. The number of hydrogen-bond acceptors (Lipinski definition) is 4. The average Bonchev–Trinajstić information content (AvgIpc) is 3.16. The summed E-state index contributed by atoms with van der Waals surface area (Å²) in [5.41, 5.74) is 3.75. The van der Waals surface area contributed by atoms with Gasteiger partial charge in [0.05, 0.1) is 0 Å². The fraction of sp³-hybridized carbons (Fsp3) is 0.375. The molecule has 0 unspecified atom stereocenters. The third-order valence-electron chi connectivity index (χ3n) is 5.88. The van der Waals surface area contributed by atoms with E-state index in [0.717, 1.165) is 16.7 Å². The molecule has 3 atom stereocenters. The van der Waals surface area contributed by atoms with Gasteiger partial charge in [0.25, 0.3) is 5.91 Å². The van der Waals surface area contributed by atoms with Crippen LogP contribution in [0.2, 0.25) is 0 Å². The second-order valence-electron chi connectivity index (χ2n) is 8.71. The quantitative estimate of drug-likeness (QED) is 0.753. The molecule has 0 spiro atoms. The molecule has 3 amide bonds. The number of rotatable bonds is 5. The number of carbonyl (C=O) groups excluding carboxylic acids is 3. The number of thioether (sulfide) groups is 1. The summed E-state index contributed by atoms with van der Waals surface area (Å²) in [7, 11) is 0. The summed E-state index contributed by atoms with van der Waals surface area (Å²) in [5.74, 6) is -0.695. The van der Waals surface area contributed by atoms with Crippen LogP contribution in [0.3, 0.4) is 0 Å². The van der Waals surface area contributed by atoms with Crippen LogP contribution in [-0.4, -0.2) is 39.5 Å². The van der Waals surface area contributed by atoms with Crippen molar-refractivity contribution in [2.45, 2.75) is 56.4 Å². The Balaban J connectivity index is 1.43. The van der Waals surface area contributed by atoms with Gasteiger partial charge in [-0.1, -0.05) is 48.0 Å². The predicted octanol–water partition coefficient (Wildman–Crippen LogP) is 3.16. The fourth-order valence-corrected chi connectivity index (χ4v) is 5.80. The lowest BCUT2D eigenvalue weighted by Crippen LogP contribution is -2.56. The maximum atomic E-state index is 13.2. The molecule has 31 heavy (non-hydrogen) atoms. The first kappa shape index (κ1) is 21.4. The highest BCUT2D eigenvalue weighted by molar-refractivity contribution is 8.01. The maximum absolute atomic E-state index is 13.2. The van der Waals surface area contributed by atoms with Crippen LogP contribution in [0.4, 0.5) is 0 Å². The minimum absolute atomic E-state index is 0.129. The van der Waals surface area contributed by atoms with Gasteiger partial charge in [0, 0.05) is 16.9 Å². The molecule has 0 aromatic heterocycles. The van der Waals surface area contributed by atoms with Crippen molar-refractivity contribution in [3.63, 3.8) is 0 Å². The Morgan fingerprint density at radius 2 is 1.81 bits per heavy atom. The highest BCUT2D eigenvalue weighted by atomic mass is 32.2. The number of carbonyl (C=O) groups is 3. The summed E-state index contributed by atoms with van der Waals surface area (Å²) in [5, 5.41) is 5.51. The Bertz CT molecular complexity index is 1030. The zero-order valence-electron chi connectivity index (χ0n) is 18.1. The van der Waals surface area contributed by atoms with Crippen molar-refractivity contribution in [2.75, 3.05) is 0 Å². The molecule has 2 aromatic carbocycles. The molecule has 7 heteroatoms. The summed E-state index contributed by atoms with van der Waals surface area (Å²) in [4.78, 5) is 40.5. The first-order valence-corrected chi connectivity index (χ1v) is 11.3. The highest BCUT2D eigenvalue weighted by Crippen LogP contribution is 2.56. The van der Waals surface area contributed by atoms with Crippen LogP contribution in [-0.2, 0) is 16.1 Å². The standard InChI is InChI=1S/C24H27N3O3S/c1-14-9-11-16(12-10-14)13-25-20(28)15(2)26-21(29)19-24(3,4)31-23-18-8-6-5-7-17(18)22(30)27(19)23/h5-12,15,19,23H,13H2,1-4H3,(H,25,28)(H,26,29)/t15-,19+,23-/m0/s1. The number of nitrogens with zero attached hydrogens (tertiary/aromatic N) is 1. The Morgan fingerprint density at radius 1 is 1.13 bits per heavy atom. The van der Waals surface area contributed by atoms with Crippen molar-refractivity contribution in [1.29, 1.82) is 0 Å². The predicted molar refractivity (Wildman–Crippen MR) is 121 cm³/mol. The van der Waals surface area contributed by atoms with Gasteiger partial charge >= 0.3 is 0 Å². The van der Waals surface area contributed by atoms with E-state index in [1.165, 1.54) is 0 Å². The van der Waals surface area contributed by atoms with E-state index in [1.807, 2.05) is 63.2 Å². The summed E-state index contributed by atoms with van der Waals surface area (Å²) in [6.07, 6.45) is 0. The van der Waals surface area contributed by atoms with E-state index in [0.29, 0.717) is 12.1 Å². The van der Waals surface area contributed by atoms with Crippen LogP contribution < -0.4 is 10.6 Å². The van der Waals surface area contributed by atoms with Gasteiger partial charge in [-0.05, 0) is 44.9 Å². The minimum atomic E-state index is -0.710. The van der Waals surface area contributed by atoms with Crippen LogP contribution in [0.25, 0.3) is 0 Å². The van der Waals surface area contributed by atoms with E-state index < -0.39 is 16.8 Å². The van der Waals surface area contributed by atoms with Crippen LogP contribution >= 0.6 is 11.8 Å². The van der Waals surface area contributed by atoms with Crippen molar-refractivity contribution in [2.24, 2.45) is 0 Å². The Labute approximate surface area is 186 Å². The zero-order valence-corrected chi connectivity index (χ0v) is 19.0. The van der Waals surface area contributed by atoms with Crippen molar-refractivity contribution in [3.05, 3.63) is 70.8 Å². The Morgan fingerprint density at radius 3 is 2.52 bits per heavy atom. The third kappa shape index (κ3) is 3.94. The average molecular weight is 438 g/mol. The monoisotopic (exact) mass is 437 g/mol. The van der Waals surface area contributed by atoms with Gasteiger partial charge < -0.3 is 15.5 Å². The molecule has 1 saturated heterocycles.